The molecule has 2 atom stereocenters. The summed E-state index contributed by atoms with van der Waals surface area (Å²) in [5.74, 6) is -0.279. The van der Waals surface area contributed by atoms with Crippen molar-refractivity contribution in [2.45, 2.75) is 39.3 Å². The summed E-state index contributed by atoms with van der Waals surface area (Å²) in [6, 6.07) is 14.3. The van der Waals surface area contributed by atoms with Crippen molar-refractivity contribution in [3.8, 4) is 21.0 Å². The molecular formula is C27H30N4O4S. The number of carbonyl (C=O) groups is 2. The molecule has 0 aliphatic carbocycles. The fourth-order valence-electron chi connectivity index (χ4n) is 4.33. The molecule has 4 aromatic rings. The quantitative estimate of drug-likeness (QED) is 0.295. The molecule has 2 amide bonds. The van der Waals surface area contributed by atoms with Gasteiger partial charge in [-0.3, -0.25) is 9.48 Å². The number of hydrogen-bond acceptors (Lipinski definition) is 5. The first-order valence-corrected chi connectivity index (χ1v) is 12.4. The highest BCUT2D eigenvalue weighted by molar-refractivity contribution is 7.19. The summed E-state index contributed by atoms with van der Waals surface area (Å²) in [6.07, 6.45) is 4.24. The molecule has 0 fully saturated rings. The van der Waals surface area contributed by atoms with Gasteiger partial charge in [-0.05, 0) is 35.6 Å². The Balaban J connectivity index is 1.73. The Hall–Kier alpha value is -3.85. The third-order valence-corrected chi connectivity index (χ3v) is 7.27. The summed E-state index contributed by atoms with van der Waals surface area (Å²) < 4.78 is 7.06. The average molecular weight is 507 g/mol. The first-order chi connectivity index (χ1) is 17.1. The monoisotopic (exact) mass is 506 g/mol. The van der Waals surface area contributed by atoms with Crippen molar-refractivity contribution in [2.24, 2.45) is 12.5 Å². The predicted octanol–water partition coefficient (Wildman–Crippen LogP) is 5.43. The highest BCUT2D eigenvalue weighted by Gasteiger charge is 2.35. The maximum atomic E-state index is 13.8. The summed E-state index contributed by atoms with van der Waals surface area (Å²) in [7, 11) is 1.85. The minimum Gasteiger partial charge on any atom is -0.472 e. The molecule has 3 N–H and O–H groups in total. The lowest BCUT2D eigenvalue weighted by atomic mass is 9.80. The molecule has 1 aromatic carbocycles. The number of nitrogens with one attached hydrogen (secondary N) is 2. The van der Waals surface area contributed by atoms with Crippen LogP contribution in [0.25, 0.3) is 21.0 Å². The molecule has 0 saturated heterocycles. The first kappa shape index (κ1) is 25.2. The van der Waals surface area contributed by atoms with Gasteiger partial charge in [-0.1, -0.05) is 51.1 Å². The van der Waals surface area contributed by atoms with Crippen molar-refractivity contribution in [3.05, 3.63) is 78.4 Å². The number of aryl methyl sites for hydroxylation is 1. The second-order valence-corrected chi connectivity index (χ2v) is 10.8. The van der Waals surface area contributed by atoms with Gasteiger partial charge >= 0.3 is 6.09 Å². The van der Waals surface area contributed by atoms with Gasteiger partial charge in [0.25, 0.3) is 5.91 Å². The zero-order chi connectivity index (χ0) is 25.9. The number of rotatable bonds is 8. The molecule has 0 spiro atoms. The van der Waals surface area contributed by atoms with Crippen LogP contribution in [0.3, 0.4) is 0 Å². The van der Waals surface area contributed by atoms with Crippen LogP contribution in [0.4, 0.5) is 4.79 Å². The Labute approximate surface area is 214 Å². The van der Waals surface area contributed by atoms with E-state index in [0.29, 0.717) is 12.0 Å². The van der Waals surface area contributed by atoms with E-state index in [1.165, 1.54) is 11.3 Å². The van der Waals surface area contributed by atoms with E-state index in [9.17, 15) is 14.7 Å². The van der Waals surface area contributed by atoms with Crippen LogP contribution in [0.1, 0.15) is 36.7 Å². The first-order valence-electron chi connectivity index (χ1n) is 11.6. The summed E-state index contributed by atoms with van der Waals surface area (Å²) >= 11 is 1.48. The van der Waals surface area contributed by atoms with Crippen LogP contribution in [0.15, 0.2) is 71.7 Å². The summed E-state index contributed by atoms with van der Waals surface area (Å²) in [4.78, 5) is 27.2. The Kier molecular flexibility index (Phi) is 7.30. The molecule has 0 saturated carbocycles. The Morgan fingerprint density at radius 3 is 2.47 bits per heavy atom. The number of furan rings is 1. The summed E-state index contributed by atoms with van der Waals surface area (Å²) in [6.45, 7) is 5.87. The Bertz CT molecular complexity index is 1320. The Morgan fingerprint density at radius 1 is 1.14 bits per heavy atom. The molecule has 188 valence electrons. The maximum absolute atomic E-state index is 13.8. The second kappa shape index (κ2) is 10.4. The number of carboxylic acid groups (broad SMARTS) is 1. The minimum atomic E-state index is -1.13. The zero-order valence-corrected chi connectivity index (χ0v) is 21.5. The van der Waals surface area contributed by atoms with Crippen LogP contribution in [-0.4, -0.2) is 39.0 Å². The summed E-state index contributed by atoms with van der Waals surface area (Å²) in [5, 5.41) is 19.6. The van der Waals surface area contributed by atoms with Gasteiger partial charge in [0, 0.05) is 18.8 Å². The van der Waals surface area contributed by atoms with Crippen molar-refractivity contribution in [1.82, 2.24) is 20.4 Å². The molecule has 0 radical (unpaired) electrons. The molecule has 3 aromatic heterocycles. The normalized spacial score (nSPS) is 13.2. The van der Waals surface area contributed by atoms with Crippen LogP contribution >= 0.6 is 11.3 Å². The van der Waals surface area contributed by atoms with Gasteiger partial charge in [-0.15, -0.1) is 11.3 Å². The van der Waals surface area contributed by atoms with Gasteiger partial charge in [-0.2, -0.15) is 5.10 Å². The fourth-order valence-corrected chi connectivity index (χ4v) is 5.53. The number of hydrogen-bond donors (Lipinski definition) is 3. The lowest BCUT2D eigenvalue weighted by Crippen LogP contribution is -2.58. The van der Waals surface area contributed by atoms with Crippen molar-refractivity contribution >= 4 is 23.3 Å². The van der Waals surface area contributed by atoms with E-state index in [2.05, 4.69) is 15.7 Å². The van der Waals surface area contributed by atoms with E-state index in [-0.39, 0.29) is 5.91 Å². The lowest BCUT2D eigenvalue weighted by molar-refractivity contribution is 0.0902. The van der Waals surface area contributed by atoms with Crippen molar-refractivity contribution in [1.29, 1.82) is 0 Å². The van der Waals surface area contributed by atoms with Crippen molar-refractivity contribution in [3.63, 3.8) is 0 Å². The van der Waals surface area contributed by atoms with Gasteiger partial charge in [0.05, 0.1) is 45.6 Å². The molecule has 0 aliphatic heterocycles. The predicted molar refractivity (Wildman–Crippen MR) is 140 cm³/mol. The van der Waals surface area contributed by atoms with E-state index >= 15 is 0 Å². The number of amides is 2. The largest absolute Gasteiger partial charge is 0.472 e. The molecule has 0 aliphatic rings. The van der Waals surface area contributed by atoms with Crippen LogP contribution in [0.5, 0.6) is 0 Å². The highest BCUT2D eigenvalue weighted by atomic mass is 32.1. The molecule has 36 heavy (non-hydrogen) atoms. The fraction of sp³-hybridized carbons (Fsp3) is 0.296. The van der Waals surface area contributed by atoms with Gasteiger partial charge in [0.15, 0.2) is 0 Å². The molecule has 2 unspecified atom stereocenters. The Morgan fingerprint density at radius 2 is 1.89 bits per heavy atom. The molecule has 8 nitrogen and oxygen atoms in total. The smallest absolute Gasteiger partial charge is 0.404 e. The van der Waals surface area contributed by atoms with E-state index in [1.54, 1.807) is 23.4 Å². The van der Waals surface area contributed by atoms with E-state index in [4.69, 9.17) is 4.42 Å². The van der Waals surface area contributed by atoms with E-state index < -0.39 is 23.6 Å². The SMILES string of the molecule is Cn1nccc1-c1cc(C(=O)NC(Cc2ccccc2)C(NC(=O)O)C(C)(C)C)c(-c2ccoc2)s1. The van der Waals surface area contributed by atoms with Gasteiger partial charge in [0.1, 0.15) is 0 Å². The molecule has 9 heteroatoms. The highest BCUT2D eigenvalue weighted by Crippen LogP contribution is 2.38. The number of benzene rings is 1. The standard InChI is InChI=1S/C27H30N4O4S/c1-27(2,3)24(30-26(33)34)20(14-17-8-6-5-7-9-17)29-25(32)19-15-22(21-10-12-28-31(21)4)36-23(19)18-11-13-35-16-18/h5-13,15-16,20,24,30H,14H2,1-4H3,(H,29,32)(H,33,34). The van der Waals surface area contributed by atoms with Crippen LogP contribution in [-0.2, 0) is 13.5 Å². The van der Waals surface area contributed by atoms with Gasteiger partial charge < -0.3 is 20.2 Å². The zero-order valence-electron chi connectivity index (χ0n) is 20.7. The van der Waals surface area contributed by atoms with Gasteiger partial charge in [-0.25, -0.2) is 4.79 Å². The number of thiophene rings is 1. The van der Waals surface area contributed by atoms with Crippen molar-refractivity contribution < 1.29 is 19.1 Å². The number of carbonyl (C=O) groups excluding carboxylic acids is 1. The van der Waals surface area contributed by atoms with Crippen LogP contribution in [0, 0.1) is 5.41 Å². The minimum absolute atomic E-state index is 0.279. The number of aromatic nitrogens is 2. The van der Waals surface area contributed by atoms with E-state index in [1.807, 2.05) is 76.3 Å². The topological polar surface area (TPSA) is 109 Å². The molecule has 0 bridgehead atoms. The third-order valence-electron chi connectivity index (χ3n) is 6.06. The number of nitrogens with zero attached hydrogens (tertiary/aromatic N) is 2. The summed E-state index contributed by atoms with van der Waals surface area (Å²) in [5.41, 5.74) is 2.74. The maximum Gasteiger partial charge on any atom is 0.404 e. The average Bonchev–Trinajstić information content (AvgIpc) is 3.57. The molecular weight excluding hydrogens is 476 g/mol. The van der Waals surface area contributed by atoms with Crippen LogP contribution in [0.2, 0.25) is 0 Å². The lowest BCUT2D eigenvalue weighted by Gasteiger charge is -2.37. The second-order valence-electron chi connectivity index (χ2n) is 9.77. The third kappa shape index (κ3) is 5.68. The van der Waals surface area contributed by atoms with Gasteiger partial charge in [0.2, 0.25) is 0 Å². The van der Waals surface area contributed by atoms with Crippen molar-refractivity contribution in [2.75, 3.05) is 0 Å². The van der Waals surface area contributed by atoms with Crippen LogP contribution < -0.4 is 10.6 Å². The molecule has 3 heterocycles. The van der Waals surface area contributed by atoms with E-state index in [0.717, 1.165) is 26.6 Å². The molecule has 4 rings (SSSR count).